The molecular weight excluding hydrogens is 317 g/mol. The average molecular weight is 331 g/mol. The van der Waals surface area contributed by atoms with Gasteiger partial charge in [-0.3, -0.25) is 4.79 Å². The third-order valence-corrected chi connectivity index (χ3v) is 2.92. The lowest BCUT2D eigenvalue weighted by Crippen LogP contribution is -2.36. The van der Waals surface area contributed by atoms with Gasteiger partial charge in [-0.1, -0.05) is 17.3 Å². The van der Waals surface area contributed by atoms with E-state index in [9.17, 15) is 9.36 Å². The number of carboxylic acid groups (broad SMARTS) is 1. The van der Waals surface area contributed by atoms with Crippen molar-refractivity contribution in [3.05, 3.63) is 36.2 Å². The first-order chi connectivity index (χ1) is 10.3. The molecule has 11 nitrogen and oxygen atoms in total. The van der Waals surface area contributed by atoms with Gasteiger partial charge >= 0.3 is 13.7 Å². The molecule has 1 unspecified atom stereocenters. The number of aromatic nitrogens is 4. The van der Waals surface area contributed by atoms with Gasteiger partial charge in [-0.25, -0.2) is 9.65 Å². The molecular formula is C10H14N5O6P. The van der Waals surface area contributed by atoms with Gasteiger partial charge in [0, 0.05) is 0 Å². The molecule has 0 radical (unpaired) electrons. The van der Waals surface area contributed by atoms with Crippen molar-refractivity contribution >= 4 is 13.7 Å². The van der Waals surface area contributed by atoms with Crippen LogP contribution in [-0.2, 0) is 15.8 Å². The lowest BCUT2D eigenvalue weighted by molar-refractivity contribution is -0.139. The highest BCUT2D eigenvalue weighted by molar-refractivity contribution is 7.49. The number of nitrogens with zero attached hydrogens (tertiary/aromatic N) is 3. The number of hydrogen-bond acceptors (Lipinski definition) is 6. The van der Waals surface area contributed by atoms with Crippen LogP contribution in [0.15, 0.2) is 30.6 Å². The van der Waals surface area contributed by atoms with Gasteiger partial charge in [0.25, 0.3) is 0 Å². The molecule has 0 fully saturated rings. The topological polar surface area (TPSA) is 182 Å². The Morgan fingerprint density at radius 1 is 1.32 bits per heavy atom. The first-order valence-corrected chi connectivity index (χ1v) is 7.39. The number of phenols is 1. The number of carbonyl (C=O) groups is 1. The quantitative estimate of drug-likeness (QED) is 0.382. The summed E-state index contributed by atoms with van der Waals surface area (Å²) in [5, 5.41) is 31.7. The summed E-state index contributed by atoms with van der Waals surface area (Å²) in [6, 6.07) is 4.30. The molecule has 2 rings (SSSR count). The molecule has 1 aromatic carbocycles. The van der Waals surface area contributed by atoms with Crippen LogP contribution < -0.4 is 5.09 Å². The third-order valence-electron chi connectivity index (χ3n) is 2.27. The molecule has 1 aromatic heterocycles. The summed E-state index contributed by atoms with van der Waals surface area (Å²) >= 11 is 0. The summed E-state index contributed by atoms with van der Waals surface area (Å²) in [5.41, 5.74) is 0.538. The van der Waals surface area contributed by atoms with Crippen molar-refractivity contribution in [3.8, 4) is 5.75 Å². The van der Waals surface area contributed by atoms with Crippen molar-refractivity contribution in [2.75, 3.05) is 0 Å². The summed E-state index contributed by atoms with van der Waals surface area (Å²) in [4.78, 5) is 28.1. The summed E-state index contributed by atoms with van der Waals surface area (Å²) in [6.07, 6.45) is 1.24. The SMILES string of the molecule is O=C(O)C(Cc1ccc(O)cc1)NP(=O)(O)O.c1nn[nH]n1. The van der Waals surface area contributed by atoms with Crippen LogP contribution in [0.3, 0.4) is 0 Å². The summed E-state index contributed by atoms with van der Waals surface area (Å²) < 4.78 is 10.7. The highest BCUT2D eigenvalue weighted by atomic mass is 31.2. The van der Waals surface area contributed by atoms with E-state index in [4.69, 9.17) is 20.0 Å². The van der Waals surface area contributed by atoms with Crippen molar-refractivity contribution in [3.63, 3.8) is 0 Å². The first-order valence-electron chi connectivity index (χ1n) is 5.78. The molecule has 1 atom stereocenters. The van der Waals surface area contributed by atoms with Gasteiger partial charge in [-0.2, -0.15) is 5.21 Å². The fraction of sp³-hybridized carbons (Fsp3) is 0.200. The maximum absolute atomic E-state index is 10.8. The van der Waals surface area contributed by atoms with Crippen molar-refractivity contribution in [2.45, 2.75) is 12.5 Å². The van der Waals surface area contributed by atoms with Gasteiger partial charge in [-0.05, 0) is 24.1 Å². The lowest BCUT2D eigenvalue weighted by Gasteiger charge is -2.15. The van der Waals surface area contributed by atoms with Gasteiger partial charge in [0.15, 0.2) is 6.33 Å². The molecule has 0 bridgehead atoms. The first kappa shape index (κ1) is 17.7. The molecule has 0 saturated heterocycles. The molecule has 2 aromatic rings. The number of phenolic OH excluding ortho intramolecular Hbond substituents is 1. The zero-order valence-corrected chi connectivity index (χ0v) is 12.0. The van der Waals surface area contributed by atoms with E-state index in [1.54, 1.807) is 5.09 Å². The number of benzene rings is 1. The number of nitrogens with one attached hydrogen (secondary N) is 2. The van der Waals surface area contributed by atoms with E-state index in [1.165, 1.54) is 30.6 Å². The van der Waals surface area contributed by atoms with Gasteiger partial charge < -0.3 is 20.0 Å². The standard InChI is InChI=1S/C9H12NO6P.CH2N4/c11-7-3-1-6(2-4-7)5-8(9(12)13)10-17(14,15)16;1-2-4-5-3-1/h1-4,8,11H,5H2,(H,12,13)(H3,10,14,15,16);1H,(H,2,3,4,5). The second-order valence-corrected chi connectivity index (χ2v) is 5.34. The van der Waals surface area contributed by atoms with Crippen LogP contribution in [0.4, 0.5) is 0 Å². The van der Waals surface area contributed by atoms with Crippen LogP contribution in [0.5, 0.6) is 5.75 Å². The minimum Gasteiger partial charge on any atom is -0.508 e. The molecule has 6 N–H and O–H groups in total. The number of rotatable bonds is 5. The highest BCUT2D eigenvalue weighted by Crippen LogP contribution is 2.29. The van der Waals surface area contributed by atoms with Crippen molar-refractivity contribution < 1.29 is 29.4 Å². The lowest BCUT2D eigenvalue weighted by atomic mass is 10.1. The number of carboxylic acids is 1. The van der Waals surface area contributed by atoms with Gasteiger partial charge in [0.2, 0.25) is 0 Å². The van der Waals surface area contributed by atoms with E-state index in [0.29, 0.717) is 5.56 Å². The Labute approximate surface area is 124 Å². The smallest absolute Gasteiger partial charge is 0.401 e. The highest BCUT2D eigenvalue weighted by Gasteiger charge is 2.25. The maximum atomic E-state index is 10.8. The molecule has 1 heterocycles. The Bertz CT molecular complexity index is 596. The molecule has 0 spiro atoms. The number of aliphatic carboxylic acids is 1. The maximum Gasteiger partial charge on any atom is 0.401 e. The van der Waals surface area contributed by atoms with Crippen LogP contribution in [0.25, 0.3) is 0 Å². The van der Waals surface area contributed by atoms with Crippen molar-refractivity contribution in [2.24, 2.45) is 0 Å². The largest absolute Gasteiger partial charge is 0.508 e. The van der Waals surface area contributed by atoms with E-state index < -0.39 is 19.8 Å². The Balaban J connectivity index is 0.000000406. The molecule has 0 aliphatic heterocycles. The fourth-order valence-corrected chi connectivity index (χ4v) is 2.00. The number of aromatic hydroxyl groups is 1. The van der Waals surface area contributed by atoms with Crippen molar-refractivity contribution in [1.29, 1.82) is 0 Å². The van der Waals surface area contributed by atoms with Crippen LogP contribution in [0.2, 0.25) is 0 Å². The van der Waals surface area contributed by atoms with Gasteiger partial charge in [-0.15, -0.1) is 10.2 Å². The molecule has 120 valence electrons. The van der Waals surface area contributed by atoms with Crippen molar-refractivity contribution in [1.82, 2.24) is 25.7 Å². The molecule has 12 heteroatoms. The number of hydrogen-bond donors (Lipinski definition) is 6. The average Bonchev–Trinajstić information content (AvgIpc) is 2.98. The summed E-state index contributed by atoms with van der Waals surface area (Å²) in [6.45, 7) is 0. The second-order valence-electron chi connectivity index (χ2n) is 3.99. The molecule has 0 aliphatic carbocycles. The second kappa shape index (κ2) is 8.20. The van der Waals surface area contributed by atoms with E-state index in [-0.39, 0.29) is 12.2 Å². The number of H-pyrrole nitrogens is 1. The Hall–Kier alpha value is -2.33. The molecule has 0 amide bonds. The zero-order valence-electron chi connectivity index (χ0n) is 11.1. The Morgan fingerprint density at radius 3 is 2.32 bits per heavy atom. The zero-order chi connectivity index (χ0) is 16.6. The molecule has 22 heavy (non-hydrogen) atoms. The molecule has 0 saturated carbocycles. The van der Waals surface area contributed by atoms with Crippen LogP contribution in [0, 0.1) is 0 Å². The monoisotopic (exact) mass is 331 g/mol. The minimum atomic E-state index is -4.60. The predicted molar refractivity (Wildman–Crippen MR) is 72.6 cm³/mol. The van der Waals surface area contributed by atoms with Gasteiger partial charge in [0.1, 0.15) is 11.8 Å². The Kier molecular flexibility index (Phi) is 6.60. The van der Waals surface area contributed by atoms with Gasteiger partial charge in [0.05, 0.1) is 0 Å². The third kappa shape index (κ3) is 7.45. The normalized spacial score (nSPS) is 12.1. The van der Waals surface area contributed by atoms with E-state index in [2.05, 4.69) is 20.6 Å². The van der Waals surface area contributed by atoms with Crippen LogP contribution in [0.1, 0.15) is 5.56 Å². The van der Waals surface area contributed by atoms with Crippen LogP contribution >= 0.6 is 7.75 Å². The van der Waals surface area contributed by atoms with E-state index in [0.717, 1.165) is 0 Å². The predicted octanol–water partition coefficient (Wildman–Crippen LogP) is -0.730. The van der Waals surface area contributed by atoms with Crippen LogP contribution in [-0.4, -0.2) is 52.6 Å². The van der Waals surface area contributed by atoms with E-state index >= 15 is 0 Å². The minimum absolute atomic E-state index is 0.0311. The number of aromatic amines is 1. The molecule has 0 aliphatic rings. The summed E-state index contributed by atoms with van der Waals surface area (Å²) in [5.74, 6) is -1.33. The fourth-order valence-electron chi connectivity index (χ4n) is 1.39. The number of tetrazole rings is 1. The van der Waals surface area contributed by atoms with E-state index in [1.807, 2.05) is 0 Å². The Morgan fingerprint density at radius 2 is 1.95 bits per heavy atom. The summed E-state index contributed by atoms with van der Waals surface area (Å²) in [7, 11) is -4.60.